The van der Waals surface area contributed by atoms with E-state index in [1.165, 1.54) is 0 Å². The zero-order valence-corrected chi connectivity index (χ0v) is 16.5. The Morgan fingerprint density at radius 2 is 1.79 bits per heavy atom. The summed E-state index contributed by atoms with van der Waals surface area (Å²) in [5.41, 5.74) is 0.795. The van der Waals surface area contributed by atoms with Gasteiger partial charge in [-0.25, -0.2) is 0 Å². The molecule has 0 heterocycles. The van der Waals surface area contributed by atoms with Gasteiger partial charge in [0.05, 0.1) is 0 Å². The number of benzene rings is 1. The van der Waals surface area contributed by atoms with Gasteiger partial charge >= 0.3 is 0 Å². The van der Waals surface area contributed by atoms with Crippen LogP contribution in [0.5, 0.6) is 0 Å². The zero-order chi connectivity index (χ0) is 18.0. The van der Waals surface area contributed by atoms with Crippen LogP contribution in [0.15, 0.2) is 30.3 Å². The first-order chi connectivity index (χ1) is 11.3. The molecule has 0 saturated heterocycles. The number of unbranched alkanes of at least 4 members (excludes halogenated alkanes) is 3. The molecule has 1 unspecified atom stereocenters. The summed E-state index contributed by atoms with van der Waals surface area (Å²) in [6.07, 6.45) is 3.48. The van der Waals surface area contributed by atoms with Gasteiger partial charge in [0.1, 0.15) is 6.17 Å². The molecule has 0 aliphatic carbocycles. The monoisotopic (exact) mass is 409 g/mol. The number of hydrogen-bond acceptors (Lipinski definition) is 2. The van der Waals surface area contributed by atoms with Gasteiger partial charge in [-0.2, -0.15) is 0 Å². The summed E-state index contributed by atoms with van der Waals surface area (Å²) in [6, 6.07) is 9.34. The summed E-state index contributed by atoms with van der Waals surface area (Å²) < 4.78 is -1.73. The topological polar surface area (TPSA) is 53.2 Å². The minimum atomic E-state index is -1.73. The molecule has 1 atom stereocenters. The average Bonchev–Trinajstić information content (AvgIpc) is 2.51. The molecular weight excluding hydrogens is 389 g/mol. The number of hydrogen-bond donors (Lipinski definition) is 3. The van der Waals surface area contributed by atoms with Gasteiger partial charge in [-0.1, -0.05) is 79.2 Å². The molecule has 3 N–H and O–H groups in total. The van der Waals surface area contributed by atoms with Gasteiger partial charge in [0.15, 0.2) is 5.11 Å². The summed E-state index contributed by atoms with van der Waals surface area (Å²) in [4.78, 5) is 12.0. The van der Waals surface area contributed by atoms with Crippen LogP contribution in [0.1, 0.15) is 39.0 Å². The second-order valence-electron chi connectivity index (χ2n) is 5.32. The van der Waals surface area contributed by atoms with Crippen molar-refractivity contribution in [1.82, 2.24) is 10.6 Å². The van der Waals surface area contributed by atoms with Gasteiger partial charge in [-0.05, 0) is 30.8 Å². The van der Waals surface area contributed by atoms with E-state index >= 15 is 0 Å². The Kier molecular flexibility index (Phi) is 9.74. The number of amides is 1. The minimum absolute atomic E-state index is 0.183. The Balaban J connectivity index is 2.53. The van der Waals surface area contributed by atoms with Crippen LogP contribution >= 0.6 is 47.0 Å². The lowest BCUT2D eigenvalue weighted by Gasteiger charge is -2.27. The van der Waals surface area contributed by atoms with Gasteiger partial charge in [-0.3, -0.25) is 4.79 Å². The second-order valence-corrected chi connectivity index (χ2v) is 8.09. The molecule has 1 aromatic rings. The maximum Gasteiger partial charge on any atom is 0.228 e. The Bertz CT molecular complexity index is 523. The third-order valence-corrected chi connectivity index (χ3v) is 4.07. The molecule has 4 nitrogen and oxygen atoms in total. The maximum absolute atomic E-state index is 12.0. The van der Waals surface area contributed by atoms with E-state index in [9.17, 15) is 4.79 Å². The predicted molar refractivity (Wildman–Crippen MR) is 107 cm³/mol. The number of carbonyl (C=O) groups is 1. The van der Waals surface area contributed by atoms with Crippen molar-refractivity contribution in [2.45, 2.75) is 49.0 Å². The van der Waals surface area contributed by atoms with Gasteiger partial charge in [0.2, 0.25) is 9.70 Å². The molecule has 1 amide bonds. The highest BCUT2D eigenvalue weighted by Gasteiger charge is 2.34. The van der Waals surface area contributed by atoms with Crippen molar-refractivity contribution < 1.29 is 4.79 Å². The van der Waals surface area contributed by atoms with Crippen molar-refractivity contribution in [3.05, 3.63) is 30.3 Å². The molecule has 0 bridgehead atoms. The summed E-state index contributed by atoms with van der Waals surface area (Å²) in [5, 5.41) is 8.73. The van der Waals surface area contributed by atoms with Gasteiger partial charge < -0.3 is 16.0 Å². The van der Waals surface area contributed by atoms with Crippen LogP contribution in [-0.4, -0.2) is 21.0 Å². The van der Waals surface area contributed by atoms with E-state index in [0.29, 0.717) is 6.42 Å². The number of para-hydroxylation sites is 1. The predicted octanol–water partition coefficient (Wildman–Crippen LogP) is 4.76. The third kappa shape index (κ3) is 8.92. The molecule has 1 rings (SSSR count). The Morgan fingerprint density at radius 3 is 2.38 bits per heavy atom. The second kappa shape index (κ2) is 11.0. The van der Waals surface area contributed by atoms with Crippen LogP contribution in [0, 0.1) is 0 Å². The smallest absolute Gasteiger partial charge is 0.228 e. The molecule has 0 saturated carbocycles. The number of nitrogens with one attached hydrogen (secondary N) is 3. The lowest BCUT2D eigenvalue weighted by Crippen LogP contribution is -2.56. The summed E-state index contributed by atoms with van der Waals surface area (Å²) >= 11 is 23.0. The van der Waals surface area contributed by atoms with E-state index in [1.54, 1.807) is 0 Å². The van der Waals surface area contributed by atoms with Crippen LogP contribution < -0.4 is 16.0 Å². The molecule has 0 aromatic heterocycles. The van der Waals surface area contributed by atoms with E-state index < -0.39 is 9.96 Å². The number of alkyl halides is 3. The number of anilines is 1. The Hall–Kier alpha value is -0.750. The molecule has 0 aliphatic heterocycles. The van der Waals surface area contributed by atoms with Gasteiger partial charge in [0.25, 0.3) is 0 Å². The molecule has 0 radical (unpaired) electrons. The molecule has 0 fully saturated rings. The highest BCUT2D eigenvalue weighted by molar-refractivity contribution is 7.80. The summed E-state index contributed by atoms with van der Waals surface area (Å²) in [5.74, 6) is -0.183. The molecule has 0 spiro atoms. The van der Waals surface area contributed by atoms with Crippen molar-refractivity contribution in [3.63, 3.8) is 0 Å². The van der Waals surface area contributed by atoms with Crippen molar-refractivity contribution in [2.24, 2.45) is 0 Å². The van der Waals surface area contributed by atoms with Crippen molar-refractivity contribution in [2.75, 3.05) is 5.32 Å². The molecule has 134 valence electrons. The fraction of sp³-hybridized carbons (Fsp3) is 0.500. The molecule has 1 aromatic carbocycles. The lowest BCUT2D eigenvalue weighted by atomic mass is 10.1. The molecule has 8 heteroatoms. The SMILES string of the molecule is CCCCCCC(=O)NC(NC(=S)Nc1ccccc1)C(Cl)(Cl)Cl. The molecule has 0 aliphatic rings. The molecule has 24 heavy (non-hydrogen) atoms. The minimum Gasteiger partial charge on any atom is -0.339 e. The van der Waals surface area contributed by atoms with Crippen molar-refractivity contribution in [1.29, 1.82) is 0 Å². The third-order valence-electron chi connectivity index (χ3n) is 3.20. The average molecular weight is 411 g/mol. The fourth-order valence-electron chi connectivity index (χ4n) is 1.96. The number of halogens is 3. The first-order valence-electron chi connectivity index (χ1n) is 7.81. The van der Waals surface area contributed by atoms with Crippen LogP contribution in [-0.2, 0) is 4.79 Å². The fourth-order valence-corrected chi connectivity index (χ4v) is 2.53. The van der Waals surface area contributed by atoms with E-state index in [-0.39, 0.29) is 11.0 Å². The number of thiocarbonyl (C=S) groups is 1. The largest absolute Gasteiger partial charge is 0.339 e. The number of rotatable bonds is 8. The highest BCUT2D eigenvalue weighted by atomic mass is 35.6. The standard InChI is InChI=1S/C16H22Cl3N3OS/c1-2-3-4-8-11-13(23)21-14(16(17,18)19)22-15(24)20-12-9-6-5-7-10-12/h5-7,9-10,14H,2-4,8,11H2,1H3,(H,21,23)(H2,20,22,24). The Labute approximate surface area is 163 Å². The lowest BCUT2D eigenvalue weighted by molar-refractivity contribution is -0.122. The molecular formula is C16H22Cl3N3OS. The van der Waals surface area contributed by atoms with Crippen molar-refractivity contribution in [3.8, 4) is 0 Å². The van der Waals surface area contributed by atoms with Crippen LogP contribution in [0.4, 0.5) is 5.69 Å². The van der Waals surface area contributed by atoms with E-state index in [2.05, 4.69) is 22.9 Å². The van der Waals surface area contributed by atoms with Gasteiger partial charge in [0, 0.05) is 12.1 Å². The number of carbonyl (C=O) groups excluding carboxylic acids is 1. The van der Waals surface area contributed by atoms with Crippen molar-refractivity contribution >= 4 is 63.7 Å². The maximum atomic E-state index is 12.0. The first-order valence-corrected chi connectivity index (χ1v) is 9.35. The van der Waals surface area contributed by atoms with E-state index in [1.807, 2.05) is 30.3 Å². The van der Waals surface area contributed by atoms with E-state index in [4.69, 9.17) is 47.0 Å². The van der Waals surface area contributed by atoms with E-state index in [0.717, 1.165) is 31.4 Å². The van der Waals surface area contributed by atoms with Crippen LogP contribution in [0.3, 0.4) is 0 Å². The normalized spacial score (nSPS) is 12.3. The zero-order valence-electron chi connectivity index (χ0n) is 13.5. The summed E-state index contributed by atoms with van der Waals surface area (Å²) in [6.45, 7) is 2.11. The Morgan fingerprint density at radius 1 is 1.12 bits per heavy atom. The first kappa shape index (κ1) is 21.3. The van der Waals surface area contributed by atoms with Crippen LogP contribution in [0.25, 0.3) is 0 Å². The van der Waals surface area contributed by atoms with Crippen LogP contribution in [0.2, 0.25) is 0 Å². The van der Waals surface area contributed by atoms with Gasteiger partial charge in [-0.15, -0.1) is 0 Å². The highest BCUT2D eigenvalue weighted by Crippen LogP contribution is 2.29. The summed E-state index contributed by atoms with van der Waals surface area (Å²) in [7, 11) is 0. The quantitative estimate of drug-likeness (QED) is 0.250.